The van der Waals surface area contributed by atoms with Crippen molar-refractivity contribution in [1.82, 2.24) is 10.5 Å². The van der Waals surface area contributed by atoms with Crippen LogP contribution in [0.4, 0.5) is 0 Å². The minimum absolute atomic E-state index is 0.261. The number of hydrogen-bond acceptors (Lipinski definition) is 3. The fraction of sp³-hybridized carbons (Fsp3) is 0.286. The van der Waals surface area contributed by atoms with Gasteiger partial charge in [-0.2, -0.15) is 0 Å². The smallest absolute Gasteiger partial charge is 0.268 e. The number of fused-ring (bicyclic) bond motifs is 1. The van der Waals surface area contributed by atoms with Crippen molar-refractivity contribution < 1.29 is 9.63 Å². The first-order valence-electron chi connectivity index (χ1n) is 5.79. The summed E-state index contributed by atoms with van der Waals surface area (Å²) < 4.78 is 0. The number of rotatable bonds is 2. The molecule has 0 saturated carbocycles. The largest absolute Gasteiger partial charge is 0.275 e. The van der Waals surface area contributed by atoms with Gasteiger partial charge in [0, 0.05) is 11.6 Å². The molecule has 2 rings (SSSR count). The van der Waals surface area contributed by atoms with Crippen molar-refractivity contribution in [2.24, 2.45) is 0 Å². The fourth-order valence-corrected chi connectivity index (χ4v) is 1.55. The minimum atomic E-state index is -0.418. The number of nitrogens with one attached hydrogen (secondary N) is 1. The van der Waals surface area contributed by atoms with Crippen LogP contribution in [-0.2, 0) is 4.84 Å². The Morgan fingerprint density at radius 3 is 2.67 bits per heavy atom. The van der Waals surface area contributed by atoms with E-state index in [-0.39, 0.29) is 5.91 Å². The molecule has 0 spiro atoms. The van der Waals surface area contributed by atoms with Gasteiger partial charge in [-0.05, 0) is 32.9 Å². The lowest BCUT2D eigenvalue weighted by Crippen LogP contribution is -2.33. The van der Waals surface area contributed by atoms with Crippen LogP contribution in [0.1, 0.15) is 31.1 Å². The van der Waals surface area contributed by atoms with Crippen LogP contribution in [0, 0.1) is 0 Å². The molecule has 0 fully saturated rings. The third-order valence-corrected chi connectivity index (χ3v) is 2.34. The van der Waals surface area contributed by atoms with E-state index in [0.717, 1.165) is 10.9 Å². The molecule has 0 unspecified atom stereocenters. The Morgan fingerprint density at radius 1 is 1.22 bits per heavy atom. The van der Waals surface area contributed by atoms with Crippen molar-refractivity contribution >= 4 is 16.8 Å². The number of benzene rings is 1. The van der Waals surface area contributed by atoms with E-state index in [1.165, 1.54) is 0 Å². The number of carbonyl (C=O) groups is 1. The van der Waals surface area contributed by atoms with E-state index in [0.29, 0.717) is 5.56 Å². The second-order valence-electron chi connectivity index (χ2n) is 5.02. The molecule has 4 heteroatoms. The van der Waals surface area contributed by atoms with Crippen LogP contribution >= 0.6 is 0 Å². The van der Waals surface area contributed by atoms with Crippen LogP contribution in [-0.4, -0.2) is 16.5 Å². The van der Waals surface area contributed by atoms with Crippen molar-refractivity contribution in [3.63, 3.8) is 0 Å². The highest BCUT2D eigenvalue weighted by molar-refractivity contribution is 6.05. The molecule has 2 aromatic rings. The molecule has 0 atom stereocenters. The van der Waals surface area contributed by atoms with Gasteiger partial charge in [0.2, 0.25) is 0 Å². The van der Waals surface area contributed by atoms with Gasteiger partial charge in [0.1, 0.15) is 0 Å². The molecule has 1 amide bonds. The van der Waals surface area contributed by atoms with E-state index >= 15 is 0 Å². The Balaban J connectivity index is 2.28. The van der Waals surface area contributed by atoms with Crippen LogP contribution in [0.3, 0.4) is 0 Å². The highest BCUT2D eigenvalue weighted by atomic mass is 16.7. The van der Waals surface area contributed by atoms with Gasteiger partial charge in [-0.25, -0.2) is 5.48 Å². The Kier molecular flexibility index (Phi) is 3.30. The number of amides is 1. The highest BCUT2D eigenvalue weighted by Crippen LogP contribution is 2.16. The lowest BCUT2D eigenvalue weighted by molar-refractivity contribution is -0.0589. The molecule has 1 N–H and O–H groups in total. The number of hydrogen-bond donors (Lipinski definition) is 1. The summed E-state index contributed by atoms with van der Waals surface area (Å²) >= 11 is 0. The predicted octanol–water partition coefficient (Wildman–Crippen LogP) is 2.69. The second kappa shape index (κ2) is 4.74. The number of aromatic nitrogens is 1. The van der Waals surface area contributed by atoms with Crippen molar-refractivity contribution in [3.8, 4) is 0 Å². The van der Waals surface area contributed by atoms with Crippen LogP contribution in [0.15, 0.2) is 36.5 Å². The summed E-state index contributed by atoms with van der Waals surface area (Å²) in [7, 11) is 0. The third-order valence-electron chi connectivity index (χ3n) is 2.34. The lowest BCUT2D eigenvalue weighted by Gasteiger charge is -2.19. The molecule has 0 aliphatic heterocycles. The maximum Gasteiger partial charge on any atom is 0.275 e. The lowest BCUT2D eigenvalue weighted by atomic mass is 10.1. The molecule has 0 aliphatic carbocycles. The van der Waals surface area contributed by atoms with Crippen molar-refractivity contribution in [2.45, 2.75) is 26.4 Å². The minimum Gasteiger partial charge on any atom is -0.268 e. The maximum absolute atomic E-state index is 12.0. The molecule has 1 aromatic carbocycles. The first-order chi connectivity index (χ1) is 8.47. The number of pyridine rings is 1. The molecule has 4 nitrogen and oxygen atoms in total. The molecule has 1 aromatic heterocycles. The van der Waals surface area contributed by atoms with Crippen LogP contribution in [0.25, 0.3) is 10.9 Å². The fourth-order valence-electron chi connectivity index (χ4n) is 1.55. The second-order valence-corrected chi connectivity index (χ2v) is 5.02. The summed E-state index contributed by atoms with van der Waals surface area (Å²) in [5, 5.41) is 0.815. The van der Waals surface area contributed by atoms with Crippen molar-refractivity contribution in [2.75, 3.05) is 0 Å². The molecule has 1 heterocycles. The zero-order valence-corrected chi connectivity index (χ0v) is 10.7. The van der Waals surface area contributed by atoms with Crippen LogP contribution in [0.2, 0.25) is 0 Å². The SMILES string of the molecule is CC(C)(C)ONC(=O)c1ccnc2ccccc12. The quantitative estimate of drug-likeness (QED) is 0.826. The van der Waals surface area contributed by atoms with E-state index in [2.05, 4.69) is 10.5 Å². The van der Waals surface area contributed by atoms with E-state index in [9.17, 15) is 4.79 Å². The molecular formula is C14H16N2O2. The summed E-state index contributed by atoms with van der Waals surface area (Å²) in [6, 6.07) is 9.20. The summed E-state index contributed by atoms with van der Waals surface area (Å²) in [5.41, 5.74) is 3.40. The van der Waals surface area contributed by atoms with Gasteiger partial charge in [0.05, 0.1) is 16.7 Å². The number of para-hydroxylation sites is 1. The van der Waals surface area contributed by atoms with Gasteiger partial charge in [-0.3, -0.25) is 14.6 Å². The maximum atomic E-state index is 12.0. The molecule has 0 aliphatic rings. The number of hydroxylamine groups is 1. The van der Waals surface area contributed by atoms with Crippen LogP contribution < -0.4 is 5.48 Å². The van der Waals surface area contributed by atoms with E-state index in [4.69, 9.17) is 4.84 Å². The van der Waals surface area contributed by atoms with Gasteiger partial charge >= 0.3 is 0 Å². The molecule has 18 heavy (non-hydrogen) atoms. The molecular weight excluding hydrogens is 228 g/mol. The van der Waals surface area contributed by atoms with Gasteiger partial charge in [0.25, 0.3) is 5.91 Å². The Bertz CT molecular complexity index is 568. The summed E-state index contributed by atoms with van der Waals surface area (Å²) in [6.07, 6.45) is 1.62. The van der Waals surface area contributed by atoms with Crippen molar-refractivity contribution in [3.05, 3.63) is 42.1 Å². The topological polar surface area (TPSA) is 51.2 Å². The zero-order chi connectivity index (χ0) is 13.2. The van der Waals surface area contributed by atoms with Crippen molar-refractivity contribution in [1.29, 1.82) is 0 Å². The average Bonchev–Trinajstić information content (AvgIpc) is 2.34. The Labute approximate surface area is 106 Å². The third kappa shape index (κ3) is 2.84. The molecule has 0 saturated heterocycles. The highest BCUT2D eigenvalue weighted by Gasteiger charge is 2.15. The number of carbonyl (C=O) groups excluding carboxylic acids is 1. The van der Waals surface area contributed by atoms with E-state index in [1.807, 2.05) is 45.0 Å². The number of nitrogens with zero attached hydrogens (tertiary/aromatic N) is 1. The van der Waals surface area contributed by atoms with Gasteiger partial charge in [-0.15, -0.1) is 0 Å². The standard InChI is InChI=1S/C14H16N2O2/c1-14(2,3)18-16-13(17)11-8-9-15-12-7-5-4-6-10(11)12/h4-9H,1-3H3,(H,16,17). The molecule has 0 bridgehead atoms. The summed E-state index contributed by atoms with van der Waals surface area (Å²) in [4.78, 5) is 21.5. The van der Waals surface area contributed by atoms with Gasteiger partial charge in [-0.1, -0.05) is 18.2 Å². The van der Waals surface area contributed by atoms with E-state index < -0.39 is 5.60 Å². The van der Waals surface area contributed by atoms with Gasteiger partial charge in [0.15, 0.2) is 0 Å². The summed E-state index contributed by atoms with van der Waals surface area (Å²) in [6.45, 7) is 5.62. The summed E-state index contributed by atoms with van der Waals surface area (Å²) in [5.74, 6) is -0.261. The predicted molar refractivity (Wildman–Crippen MR) is 70.0 cm³/mol. The van der Waals surface area contributed by atoms with Crippen LogP contribution in [0.5, 0.6) is 0 Å². The van der Waals surface area contributed by atoms with E-state index in [1.54, 1.807) is 12.3 Å². The Morgan fingerprint density at radius 2 is 1.94 bits per heavy atom. The zero-order valence-electron chi connectivity index (χ0n) is 10.7. The molecule has 0 radical (unpaired) electrons. The monoisotopic (exact) mass is 244 g/mol. The first-order valence-corrected chi connectivity index (χ1v) is 5.79. The first kappa shape index (κ1) is 12.5. The normalized spacial score (nSPS) is 11.5. The molecule has 94 valence electrons. The average molecular weight is 244 g/mol. The van der Waals surface area contributed by atoms with Gasteiger partial charge < -0.3 is 0 Å². The Hall–Kier alpha value is -1.94.